The molecule has 1 N–H and O–H groups in total. The number of hydrogen-bond donors (Lipinski definition) is 1. The van der Waals surface area contributed by atoms with Gasteiger partial charge in [-0.1, -0.05) is 39.8 Å². The van der Waals surface area contributed by atoms with Crippen molar-refractivity contribution in [3.8, 4) is 0 Å². The number of hydrazine groups is 1. The quantitative estimate of drug-likeness (QED) is 0.815. The van der Waals surface area contributed by atoms with Crippen LogP contribution in [0.15, 0.2) is 24.3 Å². The van der Waals surface area contributed by atoms with E-state index in [1.54, 1.807) is 5.01 Å². The maximum absolute atomic E-state index is 11.8. The third-order valence-electron chi connectivity index (χ3n) is 2.78. The Bertz CT molecular complexity index is 376. The first-order valence-electron chi connectivity index (χ1n) is 5.97. The Kier molecular flexibility index (Phi) is 4.29. The Morgan fingerprint density at radius 1 is 1.24 bits per heavy atom. The van der Waals surface area contributed by atoms with Crippen molar-refractivity contribution in [1.29, 1.82) is 0 Å². The van der Waals surface area contributed by atoms with E-state index in [0.29, 0.717) is 5.56 Å². The van der Waals surface area contributed by atoms with E-state index in [-0.39, 0.29) is 11.3 Å². The van der Waals surface area contributed by atoms with Gasteiger partial charge in [-0.3, -0.25) is 10.2 Å². The molecule has 0 atom stereocenters. The fourth-order valence-corrected chi connectivity index (χ4v) is 1.44. The number of nitrogens with zero attached hydrogens (tertiary/aromatic N) is 1. The number of rotatable bonds is 3. The minimum absolute atomic E-state index is 0.0604. The van der Waals surface area contributed by atoms with Gasteiger partial charge in [0.15, 0.2) is 0 Å². The van der Waals surface area contributed by atoms with Crippen LogP contribution in [0.5, 0.6) is 0 Å². The summed E-state index contributed by atoms with van der Waals surface area (Å²) in [5, 5.41) is 1.76. The fraction of sp³-hybridized carbons (Fsp3) is 0.500. The highest BCUT2D eigenvalue weighted by atomic mass is 16.2. The molecular formula is C14H22N2O. The monoisotopic (exact) mass is 234 g/mol. The Labute approximate surface area is 104 Å². The summed E-state index contributed by atoms with van der Waals surface area (Å²) in [6.07, 6.45) is 0. The lowest BCUT2D eigenvalue weighted by Gasteiger charge is -2.19. The Hall–Kier alpha value is -1.35. The second-order valence-corrected chi connectivity index (χ2v) is 5.28. The van der Waals surface area contributed by atoms with Gasteiger partial charge in [-0.05, 0) is 23.1 Å². The van der Waals surface area contributed by atoms with Crippen molar-refractivity contribution in [2.45, 2.75) is 33.1 Å². The van der Waals surface area contributed by atoms with Crippen LogP contribution in [0.3, 0.4) is 0 Å². The van der Waals surface area contributed by atoms with Crippen molar-refractivity contribution in [3.05, 3.63) is 35.4 Å². The molecule has 3 nitrogen and oxygen atoms in total. The molecule has 0 aliphatic carbocycles. The number of amides is 1. The highest BCUT2D eigenvalue weighted by Crippen LogP contribution is 2.22. The second-order valence-electron chi connectivity index (χ2n) is 5.28. The van der Waals surface area contributed by atoms with Gasteiger partial charge in [0.1, 0.15) is 0 Å². The summed E-state index contributed by atoms with van der Waals surface area (Å²) in [5.41, 5.74) is 4.85. The van der Waals surface area contributed by atoms with Gasteiger partial charge < -0.3 is 0 Å². The Morgan fingerprint density at radius 3 is 2.18 bits per heavy atom. The SMILES string of the molecule is CCN(C)NC(=O)c1ccc(C(C)(C)C)cc1. The lowest BCUT2D eigenvalue weighted by atomic mass is 9.87. The number of nitrogens with one attached hydrogen (secondary N) is 1. The molecule has 1 aromatic rings. The van der Waals surface area contributed by atoms with Crippen LogP contribution in [0.4, 0.5) is 0 Å². The minimum atomic E-state index is -0.0604. The highest BCUT2D eigenvalue weighted by molar-refractivity contribution is 5.93. The van der Waals surface area contributed by atoms with Crippen LogP contribution < -0.4 is 5.43 Å². The van der Waals surface area contributed by atoms with Crippen molar-refractivity contribution in [3.63, 3.8) is 0 Å². The molecular weight excluding hydrogens is 212 g/mol. The van der Waals surface area contributed by atoms with Gasteiger partial charge in [0.2, 0.25) is 0 Å². The van der Waals surface area contributed by atoms with E-state index in [0.717, 1.165) is 6.54 Å². The van der Waals surface area contributed by atoms with E-state index in [9.17, 15) is 4.79 Å². The average molecular weight is 234 g/mol. The molecule has 0 saturated heterocycles. The standard InChI is InChI=1S/C14H22N2O/c1-6-16(5)15-13(17)11-7-9-12(10-8-11)14(2,3)4/h7-10H,6H2,1-5H3,(H,15,17). The third-order valence-corrected chi connectivity index (χ3v) is 2.78. The van der Waals surface area contributed by atoms with E-state index >= 15 is 0 Å². The molecule has 1 aromatic carbocycles. The fourth-order valence-electron chi connectivity index (χ4n) is 1.44. The molecule has 17 heavy (non-hydrogen) atoms. The maximum Gasteiger partial charge on any atom is 0.265 e. The molecule has 3 heteroatoms. The van der Waals surface area contributed by atoms with Crippen molar-refractivity contribution >= 4 is 5.91 Å². The molecule has 1 rings (SSSR count). The van der Waals surface area contributed by atoms with Crippen LogP contribution in [0.25, 0.3) is 0 Å². The zero-order valence-corrected chi connectivity index (χ0v) is 11.4. The molecule has 0 bridgehead atoms. The first-order chi connectivity index (χ1) is 7.84. The topological polar surface area (TPSA) is 32.3 Å². The zero-order valence-electron chi connectivity index (χ0n) is 11.4. The van der Waals surface area contributed by atoms with Gasteiger partial charge in [-0.2, -0.15) is 0 Å². The van der Waals surface area contributed by atoms with Crippen LogP contribution in [-0.4, -0.2) is 24.5 Å². The first-order valence-corrected chi connectivity index (χ1v) is 5.97. The smallest absolute Gasteiger partial charge is 0.265 e. The van der Waals surface area contributed by atoms with E-state index in [4.69, 9.17) is 0 Å². The number of carbonyl (C=O) groups excluding carboxylic acids is 1. The molecule has 1 amide bonds. The molecule has 0 unspecified atom stereocenters. The summed E-state index contributed by atoms with van der Waals surface area (Å²) in [7, 11) is 1.85. The van der Waals surface area contributed by atoms with Crippen LogP contribution >= 0.6 is 0 Å². The summed E-state index contributed by atoms with van der Waals surface area (Å²) in [6, 6.07) is 7.78. The predicted molar refractivity (Wildman–Crippen MR) is 70.9 cm³/mol. The molecule has 0 aromatic heterocycles. The second kappa shape index (κ2) is 5.32. The molecule has 0 aliphatic heterocycles. The molecule has 0 aliphatic rings. The predicted octanol–water partition coefficient (Wildman–Crippen LogP) is 2.58. The van der Waals surface area contributed by atoms with Crippen LogP contribution in [0, 0.1) is 0 Å². The average Bonchev–Trinajstić information content (AvgIpc) is 2.27. The third kappa shape index (κ3) is 3.86. The van der Waals surface area contributed by atoms with Crippen molar-refractivity contribution in [2.75, 3.05) is 13.6 Å². The van der Waals surface area contributed by atoms with E-state index in [1.165, 1.54) is 5.56 Å². The van der Waals surface area contributed by atoms with Gasteiger partial charge in [0.05, 0.1) is 0 Å². The minimum Gasteiger partial charge on any atom is -0.285 e. The largest absolute Gasteiger partial charge is 0.285 e. The normalized spacial score (nSPS) is 11.6. The summed E-state index contributed by atoms with van der Waals surface area (Å²) in [4.78, 5) is 11.8. The summed E-state index contributed by atoms with van der Waals surface area (Å²) in [5.74, 6) is -0.0604. The zero-order chi connectivity index (χ0) is 13.1. The van der Waals surface area contributed by atoms with Gasteiger partial charge >= 0.3 is 0 Å². The van der Waals surface area contributed by atoms with E-state index in [2.05, 4.69) is 26.2 Å². The van der Waals surface area contributed by atoms with Crippen molar-refractivity contribution in [2.24, 2.45) is 0 Å². The lowest BCUT2D eigenvalue weighted by molar-refractivity contribution is 0.0835. The van der Waals surface area contributed by atoms with Gasteiger partial charge in [0.25, 0.3) is 5.91 Å². The first kappa shape index (κ1) is 13.7. The molecule has 0 radical (unpaired) electrons. The van der Waals surface area contributed by atoms with Crippen molar-refractivity contribution in [1.82, 2.24) is 10.4 Å². The number of hydrogen-bond acceptors (Lipinski definition) is 2. The highest BCUT2D eigenvalue weighted by Gasteiger charge is 2.14. The van der Waals surface area contributed by atoms with E-state index in [1.807, 2.05) is 38.2 Å². The molecule has 0 heterocycles. The van der Waals surface area contributed by atoms with E-state index < -0.39 is 0 Å². The molecule has 94 valence electrons. The molecule has 0 spiro atoms. The molecule has 0 saturated carbocycles. The number of benzene rings is 1. The van der Waals surface area contributed by atoms with Gasteiger partial charge in [0, 0.05) is 19.2 Å². The van der Waals surface area contributed by atoms with Crippen LogP contribution in [-0.2, 0) is 5.41 Å². The summed E-state index contributed by atoms with van der Waals surface area (Å²) in [6.45, 7) is 9.25. The number of carbonyl (C=O) groups is 1. The van der Waals surface area contributed by atoms with Gasteiger partial charge in [-0.25, -0.2) is 5.01 Å². The lowest BCUT2D eigenvalue weighted by Crippen LogP contribution is -2.38. The summed E-state index contributed by atoms with van der Waals surface area (Å²) >= 11 is 0. The van der Waals surface area contributed by atoms with Crippen molar-refractivity contribution < 1.29 is 4.79 Å². The Morgan fingerprint density at radius 2 is 1.76 bits per heavy atom. The molecule has 0 fully saturated rings. The van der Waals surface area contributed by atoms with Crippen LogP contribution in [0.1, 0.15) is 43.6 Å². The van der Waals surface area contributed by atoms with Gasteiger partial charge in [-0.15, -0.1) is 0 Å². The Balaban J connectivity index is 2.78. The van der Waals surface area contributed by atoms with Crippen LogP contribution in [0.2, 0.25) is 0 Å². The summed E-state index contributed by atoms with van der Waals surface area (Å²) < 4.78 is 0. The maximum atomic E-state index is 11.8.